The number of carbonyl (C=O) groups is 2. The zero-order valence-corrected chi connectivity index (χ0v) is 14.7. The van der Waals surface area contributed by atoms with Gasteiger partial charge in [0, 0.05) is 32.4 Å². The monoisotopic (exact) mass is 351 g/mol. The summed E-state index contributed by atoms with van der Waals surface area (Å²) < 4.78 is 5.10. The van der Waals surface area contributed by atoms with E-state index in [2.05, 4.69) is 5.32 Å². The summed E-state index contributed by atoms with van der Waals surface area (Å²) in [6, 6.07) is 4.91. The molecule has 3 amide bonds. The number of hydrogen-bond acceptors (Lipinski definition) is 3. The van der Waals surface area contributed by atoms with Gasteiger partial charge >= 0.3 is 6.03 Å². The SMILES string of the molecule is COc1ccc(NC(=O)N2CC[C@@]3(CCCN(C)C3=O)C2)cc1Cl. The summed E-state index contributed by atoms with van der Waals surface area (Å²) in [4.78, 5) is 28.5. The molecule has 0 unspecified atom stereocenters. The van der Waals surface area contributed by atoms with E-state index in [0.29, 0.717) is 29.5 Å². The van der Waals surface area contributed by atoms with Gasteiger partial charge in [0.1, 0.15) is 5.75 Å². The first kappa shape index (κ1) is 16.9. The zero-order valence-electron chi connectivity index (χ0n) is 14.0. The highest BCUT2D eigenvalue weighted by atomic mass is 35.5. The Labute approximate surface area is 146 Å². The van der Waals surface area contributed by atoms with E-state index >= 15 is 0 Å². The molecule has 0 saturated carbocycles. The van der Waals surface area contributed by atoms with Crippen LogP contribution in [-0.4, -0.2) is 55.5 Å². The van der Waals surface area contributed by atoms with Crippen molar-refractivity contribution in [1.29, 1.82) is 0 Å². The van der Waals surface area contributed by atoms with Gasteiger partial charge in [-0.2, -0.15) is 0 Å². The van der Waals surface area contributed by atoms with Crippen molar-refractivity contribution in [2.45, 2.75) is 19.3 Å². The molecule has 130 valence electrons. The van der Waals surface area contributed by atoms with Crippen LogP contribution in [0, 0.1) is 5.41 Å². The third-order valence-corrected chi connectivity index (χ3v) is 5.29. The number of likely N-dealkylation sites (tertiary alicyclic amines) is 2. The van der Waals surface area contributed by atoms with Crippen LogP contribution < -0.4 is 10.1 Å². The number of piperidine rings is 1. The summed E-state index contributed by atoms with van der Waals surface area (Å²) in [5.41, 5.74) is 0.209. The summed E-state index contributed by atoms with van der Waals surface area (Å²) >= 11 is 6.08. The lowest BCUT2D eigenvalue weighted by Gasteiger charge is -2.37. The first-order chi connectivity index (χ1) is 11.4. The maximum Gasteiger partial charge on any atom is 0.321 e. The van der Waals surface area contributed by atoms with Crippen LogP contribution in [0.25, 0.3) is 0 Å². The van der Waals surface area contributed by atoms with Gasteiger partial charge in [0.05, 0.1) is 17.5 Å². The molecule has 0 aliphatic carbocycles. The van der Waals surface area contributed by atoms with Crippen molar-refractivity contribution in [1.82, 2.24) is 9.80 Å². The smallest absolute Gasteiger partial charge is 0.321 e. The van der Waals surface area contributed by atoms with Crippen molar-refractivity contribution < 1.29 is 14.3 Å². The Morgan fingerprint density at radius 3 is 2.83 bits per heavy atom. The number of ether oxygens (including phenoxy) is 1. The van der Waals surface area contributed by atoms with Gasteiger partial charge in [-0.05, 0) is 37.5 Å². The molecule has 1 N–H and O–H groups in total. The molecule has 1 aromatic rings. The van der Waals surface area contributed by atoms with Crippen LogP contribution in [0.3, 0.4) is 0 Å². The molecule has 0 radical (unpaired) electrons. The minimum atomic E-state index is -0.401. The van der Waals surface area contributed by atoms with Crippen molar-refractivity contribution in [3.63, 3.8) is 0 Å². The van der Waals surface area contributed by atoms with Crippen molar-refractivity contribution in [3.8, 4) is 5.75 Å². The van der Waals surface area contributed by atoms with E-state index in [-0.39, 0.29) is 11.9 Å². The lowest BCUT2D eigenvalue weighted by molar-refractivity contribution is -0.143. The summed E-state index contributed by atoms with van der Waals surface area (Å²) in [6.45, 7) is 1.87. The average Bonchev–Trinajstić information content (AvgIpc) is 2.98. The molecule has 2 heterocycles. The van der Waals surface area contributed by atoms with E-state index < -0.39 is 5.41 Å². The van der Waals surface area contributed by atoms with Crippen LogP contribution in [0.2, 0.25) is 5.02 Å². The van der Waals surface area contributed by atoms with Crippen LogP contribution in [0.5, 0.6) is 5.75 Å². The molecule has 1 aromatic carbocycles. The molecule has 7 heteroatoms. The first-order valence-electron chi connectivity index (χ1n) is 8.10. The third kappa shape index (κ3) is 3.02. The molecule has 2 fully saturated rings. The molecule has 2 aliphatic rings. The molecule has 2 aliphatic heterocycles. The Morgan fingerprint density at radius 1 is 1.33 bits per heavy atom. The quantitative estimate of drug-likeness (QED) is 0.891. The fraction of sp³-hybridized carbons (Fsp3) is 0.529. The van der Waals surface area contributed by atoms with Gasteiger partial charge < -0.3 is 19.9 Å². The Kier molecular flexibility index (Phi) is 4.58. The number of benzene rings is 1. The van der Waals surface area contributed by atoms with E-state index in [9.17, 15) is 9.59 Å². The van der Waals surface area contributed by atoms with Gasteiger partial charge in [0.25, 0.3) is 0 Å². The second kappa shape index (κ2) is 6.51. The number of halogens is 1. The number of nitrogens with one attached hydrogen (secondary N) is 1. The number of methoxy groups -OCH3 is 1. The number of carbonyl (C=O) groups excluding carboxylic acids is 2. The van der Waals surface area contributed by atoms with Crippen LogP contribution in [0.4, 0.5) is 10.5 Å². The largest absolute Gasteiger partial charge is 0.495 e. The number of amides is 3. The van der Waals surface area contributed by atoms with Crippen molar-refractivity contribution in [3.05, 3.63) is 23.2 Å². The Bertz CT molecular complexity index is 666. The Balaban J connectivity index is 1.66. The number of anilines is 1. The molecule has 2 saturated heterocycles. The highest BCUT2D eigenvalue weighted by Gasteiger charge is 2.48. The van der Waals surface area contributed by atoms with Crippen LogP contribution in [0.1, 0.15) is 19.3 Å². The van der Waals surface area contributed by atoms with Gasteiger partial charge in [0.15, 0.2) is 0 Å². The molecule has 1 spiro atoms. The van der Waals surface area contributed by atoms with Gasteiger partial charge in [-0.3, -0.25) is 4.79 Å². The minimum Gasteiger partial charge on any atom is -0.495 e. The number of rotatable bonds is 2. The second-order valence-electron chi connectivity index (χ2n) is 6.56. The van der Waals surface area contributed by atoms with Crippen molar-refractivity contribution in [2.75, 3.05) is 39.1 Å². The number of nitrogens with zero attached hydrogens (tertiary/aromatic N) is 2. The molecule has 0 bridgehead atoms. The molecule has 6 nitrogen and oxygen atoms in total. The maximum atomic E-state index is 12.5. The van der Waals surface area contributed by atoms with Crippen LogP contribution >= 0.6 is 11.6 Å². The molecular formula is C17H22ClN3O3. The fourth-order valence-electron chi connectivity index (χ4n) is 3.64. The van der Waals surface area contributed by atoms with E-state index in [1.165, 1.54) is 0 Å². The topological polar surface area (TPSA) is 61.9 Å². The molecule has 24 heavy (non-hydrogen) atoms. The van der Waals surface area contributed by atoms with E-state index in [1.54, 1.807) is 35.1 Å². The summed E-state index contributed by atoms with van der Waals surface area (Å²) in [7, 11) is 3.38. The normalized spacial score (nSPS) is 23.7. The zero-order chi connectivity index (χ0) is 17.3. The molecule has 3 rings (SSSR count). The number of urea groups is 1. The number of hydrogen-bond donors (Lipinski definition) is 1. The highest BCUT2D eigenvalue weighted by Crippen LogP contribution is 2.39. The summed E-state index contributed by atoms with van der Waals surface area (Å²) in [6.07, 6.45) is 2.58. The van der Waals surface area contributed by atoms with Gasteiger partial charge in [-0.25, -0.2) is 4.79 Å². The van der Waals surface area contributed by atoms with E-state index in [0.717, 1.165) is 25.8 Å². The summed E-state index contributed by atoms with van der Waals surface area (Å²) in [5.74, 6) is 0.724. The van der Waals surface area contributed by atoms with Gasteiger partial charge in [-0.15, -0.1) is 0 Å². The lowest BCUT2D eigenvalue weighted by atomic mass is 9.78. The fourth-order valence-corrected chi connectivity index (χ4v) is 3.90. The van der Waals surface area contributed by atoms with Gasteiger partial charge in [0.2, 0.25) is 5.91 Å². The van der Waals surface area contributed by atoms with Crippen molar-refractivity contribution >= 4 is 29.2 Å². The standard InChI is InChI=1S/C17H22ClN3O3/c1-20-8-3-6-17(15(20)22)7-9-21(11-17)16(23)19-12-4-5-14(24-2)13(18)10-12/h4-5,10H,3,6-9,11H2,1-2H3,(H,19,23)/t17-/m0/s1. The van der Waals surface area contributed by atoms with Crippen LogP contribution in [-0.2, 0) is 4.79 Å². The van der Waals surface area contributed by atoms with Crippen molar-refractivity contribution in [2.24, 2.45) is 5.41 Å². The lowest BCUT2D eigenvalue weighted by Crippen LogP contribution is -2.49. The van der Waals surface area contributed by atoms with Gasteiger partial charge in [-0.1, -0.05) is 11.6 Å². The minimum absolute atomic E-state index is 0.163. The Morgan fingerprint density at radius 2 is 2.12 bits per heavy atom. The predicted molar refractivity (Wildman–Crippen MR) is 92.5 cm³/mol. The average molecular weight is 352 g/mol. The van der Waals surface area contributed by atoms with Crippen LogP contribution in [0.15, 0.2) is 18.2 Å². The van der Waals surface area contributed by atoms with E-state index in [1.807, 2.05) is 7.05 Å². The first-order valence-corrected chi connectivity index (χ1v) is 8.48. The molecule has 1 atom stereocenters. The summed E-state index contributed by atoms with van der Waals surface area (Å²) in [5, 5.41) is 3.29. The Hall–Kier alpha value is -1.95. The van der Waals surface area contributed by atoms with E-state index in [4.69, 9.17) is 16.3 Å². The second-order valence-corrected chi connectivity index (χ2v) is 6.97. The molecular weight excluding hydrogens is 330 g/mol. The highest BCUT2D eigenvalue weighted by molar-refractivity contribution is 6.32. The predicted octanol–water partition coefficient (Wildman–Crippen LogP) is 2.82. The molecule has 0 aromatic heterocycles. The third-order valence-electron chi connectivity index (χ3n) is 4.99. The maximum absolute atomic E-state index is 12.5.